The highest BCUT2D eigenvalue weighted by atomic mass is 16.8. The van der Waals surface area contributed by atoms with Crippen molar-refractivity contribution in [2.75, 3.05) is 20.0 Å². The van der Waals surface area contributed by atoms with Gasteiger partial charge in [-0.05, 0) is 344 Å². The van der Waals surface area contributed by atoms with Crippen LogP contribution in [0.15, 0.2) is 249 Å². The van der Waals surface area contributed by atoms with E-state index < -0.39 is 24.3 Å². The molecule has 10 aromatic carbocycles. The lowest BCUT2D eigenvalue weighted by atomic mass is 9.99. The quantitative estimate of drug-likeness (QED) is 0.0162. The Balaban J connectivity index is 0.000000522. The number of phenolic OH excluding ortho intramolecular Hbond substituents is 4. The zero-order chi connectivity index (χ0) is 100. The summed E-state index contributed by atoms with van der Waals surface area (Å²) >= 11 is 0. The highest BCUT2D eigenvalue weighted by Crippen LogP contribution is 2.31. The monoisotopic (exact) mass is 1840 g/mol. The maximum absolute atomic E-state index is 11.5. The predicted octanol–water partition coefficient (Wildman–Crippen LogP) is 34.5. The number of phenols is 4. The number of carbonyl (C=O) groups excluding carboxylic acids is 1. The normalized spacial score (nSPS) is 13.8. The van der Waals surface area contributed by atoms with Crippen LogP contribution >= 0.6 is 0 Å². The molecule has 15 nitrogen and oxygen atoms in total. The van der Waals surface area contributed by atoms with Crippen LogP contribution in [0.3, 0.4) is 0 Å². The van der Waals surface area contributed by atoms with Crippen LogP contribution in [0.2, 0.25) is 0 Å². The Morgan fingerprint density at radius 3 is 0.634 bits per heavy atom. The molecule has 0 bridgehead atoms. The van der Waals surface area contributed by atoms with Gasteiger partial charge in [0, 0.05) is 19.6 Å². The van der Waals surface area contributed by atoms with Gasteiger partial charge in [-0.25, -0.2) is 4.79 Å². The first-order chi connectivity index (χ1) is 63.9. The summed E-state index contributed by atoms with van der Waals surface area (Å²) in [6.07, 6.45) is 10.5. The van der Waals surface area contributed by atoms with Crippen molar-refractivity contribution >= 4 is 6.16 Å². The Kier molecular flexibility index (Phi) is 61.4. The van der Waals surface area contributed by atoms with Gasteiger partial charge in [0.25, 0.3) is 0 Å². The van der Waals surface area contributed by atoms with Crippen molar-refractivity contribution < 1.29 is 72.6 Å². The van der Waals surface area contributed by atoms with Gasteiger partial charge in [0.15, 0.2) is 32.0 Å². The molecule has 0 amide bonds. The largest absolute Gasteiger partial charge is 0.514 e. The van der Waals surface area contributed by atoms with E-state index in [9.17, 15) is 4.79 Å². The molecule has 4 N–H and O–H groups in total. The van der Waals surface area contributed by atoms with E-state index in [-0.39, 0.29) is 19.4 Å². The van der Waals surface area contributed by atoms with Gasteiger partial charge in [0.1, 0.15) is 57.3 Å². The van der Waals surface area contributed by atoms with E-state index in [0.717, 1.165) is 87.2 Å². The van der Waals surface area contributed by atoms with Crippen LogP contribution in [0.5, 0.6) is 51.7 Å². The SMILES string of the molecule is CCC(C)c1ccc(O)cc1.CCC(C)c1ccc(O)cc1.CCC(C)c1ccc(O)cc1.CCC(C)c1ccc(O)cc1.CCC(C)c1ccc(OC(=O)OC(C)(C)C)cc1.CCC(C)c1ccc(OC(C)OCOC(C)Oc2ccc(C(C)CC)cc2)cc1.CCC(C)c1ccccc1.CCOC(C)Oc1ccc(C(C)CC)cc1.CCOC(CC)Oc1ccc(C(C)CC)cc1. The molecule has 134 heavy (non-hydrogen) atoms. The number of hydrogen-bond acceptors (Lipinski definition) is 15. The van der Waals surface area contributed by atoms with Gasteiger partial charge in [0.2, 0.25) is 0 Å². The third-order valence-electron chi connectivity index (χ3n) is 24.0. The lowest BCUT2D eigenvalue weighted by Crippen LogP contribution is -2.25. The second-order valence-corrected chi connectivity index (χ2v) is 35.7. The summed E-state index contributed by atoms with van der Waals surface area (Å²) in [5.41, 5.74) is 12.7. The minimum Gasteiger partial charge on any atom is -0.508 e. The lowest BCUT2D eigenvalue weighted by Gasteiger charge is -2.19. The lowest BCUT2D eigenvalue weighted by molar-refractivity contribution is -0.196. The molecular formula is C119H174O15. The van der Waals surface area contributed by atoms with E-state index in [1.54, 1.807) is 81.4 Å². The zero-order valence-corrected chi connectivity index (χ0v) is 87.4. The standard InChI is InChI=1S/C25H36O4.C15H22O3.C15H24O2.C14H22O2.4C10H14O.C10H14/c1-7-18(3)22-9-13-24(14-10-22)28-20(5)26-17-27-21(6)29-25-15-11-23(12-16-25)19(4)8-2;1-6-11(2)12-7-9-13(10-8-12)17-14(16)18-15(3,4)5;1-5-12(4)13-8-10-14(11-9-13)17-15(6-2)16-7-3;1-5-11(3)13-7-9-14(10-8-13)16-12(4)15-6-2;4*1-3-8(2)9-4-6-10(11)7-5-9;1-3-9(2)10-7-5-4-6-8-10/h9-16,18-21H,7-8,17H2,1-6H3;7-11H,6H2,1-5H3;8-12,15H,5-7H2,1-4H3;7-12H,5-6H2,1-4H3;4*4-8,11H,3H2,1-2H3;4-9H,3H2,1-2H3. The van der Waals surface area contributed by atoms with Crippen LogP contribution in [0, 0.1) is 0 Å². The Bertz CT molecular complexity index is 4250. The molecule has 0 aliphatic rings. The first kappa shape index (κ1) is 120. The Morgan fingerprint density at radius 2 is 0.433 bits per heavy atom. The topological polar surface area (TPSA) is 190 Å². The first-order valence-corrected chi connectivity index (χ1v) is 49.7. The summed E-state index contributed by atoms with van der Waals surface area (Å²) in [6, 6.07) is 80.9. The third-order valence-corrected chi connectivity index (χ3v) is 24.0. The molecule has 0 aliphatic carbocycles. The van der Waals surface area contributed by atoms with E-state index in [4.69, 9.17) is 67.8 Å². The highest BCUT2D eigenvalue weighted by Gasteiger charge is 2.20. The number of aromatic hydroxyl groups is 4. The summed E-state index contributed by atoms with van der Waals surface area (Å²) in [4.78, 5) is 11.5. The van der Waals surface area contributed by atoms with Crippen molar-refractivity contribution in [3.8, 4) is 51.7 Å². The van der Waals surface area contributed by atoms with Crippen LogP contribution in [0.1, 0.15) is 386 Å². The van der Waals surface area contributed by atoms with Gasteiger partial charge < -0.3 is 67.8 Å². The number of carbonyl (C=O) groups is 1. The van der Waals surface area contributed by atoms with Crippen molar-refractivity contribution in [1.82, 2.24) is 0 Å². The van der Waals surface area contributed by atoms with Crippen LogP contribution in [-0.2, 0) is 23.7 Å². The molecule has 740 valence electrons. The van der Waals surface area contributed by atoms with E-state index in [1.165, 1.54) is 62.1 Å². The summed E-state index contributed by atoms with van der Waals surface area (Å²) in [7, 11) is 0. The smallest absolute Gasteiger partial charge is 0.508 e. The van der Waals surface area contributed by atoms with Gasteiger partial charge >= 0.3 is 6.16 Å². The summed E-state index contributed by atoms with van der Waals surface area (Å²) < 4.78 is 55.1. The maximum atomic E-state index is 11.5. The molecule has 10 rings (SSSR count). The van der Waals surface area contributed by atoms with Gasteiger partial charge in [0.05, 0.1) is 0 Å². The fraction of sp³-hybridized carbons (Fsp3) is 0.487. The molecule has 0 heterocycles. The first-order valence-electron chi connectivity index (χ1n) is 49.7. The molecule has 0 saturated heterocycles. The molecule has 0 aromatic heterocycles. The van der Waals surface area contributed by atoms with Gasteiger partial charge in [-0.15, -0.1) is 0 Å². The molecular weight excluding hydrogens is 1670 g/mol. The van der Waals surface area contributed by atoms with Crippen molar-refractivity contribution in [2.24, 2.45) is 0 Å². The second kappa shape index (κ2) is 68.7. The zero-order valence-electron chi connectivity index (χ0n) is 87.4. The minimum absolute atomic E-state index is 0.0955. The molecule has 0 spiro atoms. The molecule has 15 heteroatoms. The number of ether oxygens (including phenoxy) is 10. The fourth-order valence-electron chi connectivity index (χ4n) is 12.8. The van der Waals surface area contributed by atoms with Crippen molar-refractivity contribution in [2.45, 2.75) is 361 Å². The van der Waals surface area contributed by atoms with Crippen LogP contribution in [-0.4, -0.2) is 77.3 Å². The number of rotatable bonds is 38. The van der Waals surface area contributed by atoms with Gasteiger partial charge in [-0.3, -0.25) is 0 Å². The highest BCUT2D eigenvalue weighted by molar-refractivity contribution is 5.64. The third kappa shape index (κ3) is 50.9. The summed E-state index contributed by atoms with van der Waals surface area (Å²) in [5, 5.41) is 36.0. The van der Waals surface area contributed by atoms with E-state index >= 15 is 0 Å². The number of benzene rings is 10. The van der Waals surface area contributed by atoms with Crippen LogP contribution in [0.25, 0.3) is 0 Å². The van der Waals surface area contributed by atoms with Gasteiger partial charge in [-0.2, -0.15) is 0 Å². The molecule has 0 radical (unpaired) electrons. The Labute approximate surface area is 811 Å². The second-order valence-electron chi connectivity index (χ2n) is 35.7. The number of hydrogen-bond donors (Lipinski definition) is 4. The van der Waals surface area contributed by atoms with Crippen LogP contribution < -0.4 is 23.7 Å². The van der Waals surface area contributed by atoms with Crippen LogP contribution in [0.4, 0.5) is 4.79 Å². The maximum Gasteiger partial charge on any atom is 0.514 e. The van der Waals surface area contributed by atoms with Gasteiger partial charge in [-0.1, -0.05) is 285 Å². The Hall–Kier alpha value is -10.3. The van der Waals surface area contributed by atoms with E-state index in [2.05, 4.69) is 224 Å². The average Bonchev–Trinajstić information content (AvgIpc) is 0.882. The minimum atomic E-state index is -0.668. The van der Waals surface area contributed by atoms with E-state index in [1.807, 2.05) is 144 Å². The summed E-state index contributed by atoms with van der Waals surface area (Å²) in [6.45, 7) is 62.4. The average molecular weight is 1840 g/mol. The van der Waals surface area contributed by atoms with Crippen molar-refractivity contribution in [3.05, 3.63) is 304 Å². The molecule has 14 unspecified atom stereocenters. The Morgan fingerprint density at radius 1 is 0.239 bits per heavy atom. The summed E-state index contributed by atoms with van der Waals surface area (Å²) in [5.74, 6) is 11.1. The van der Waals surface area contributed by atoms with Crippen molar-refractivity contribution in [3.63, 3.8) is 0 Å². The van der Waals surface area contributed by atoms with Crippen molar-refractivity contribution in [1.29, 1.82) is 0 Å². The predicted molar refractivity (Wildman–Crippen MR) is 560 cm³/mol. The molecule has 0 fully saturated rings. The van der Waals surface area contributed by atoms with E-state index in [0.29, 0.717) is 101 Å². The fourth-order valence-corrected chi connectivity index (χ4v) is 12.8. The molecule has 10 aromatic rings. The molecule has 0 saturated carbocycles. The molecule has 14 atom stereocenters. The molecule has 0 aliphatic heterocycles.